The standard InChI is InChI=1S/C25H35N3O2/c1-2-3-16-27(17-10-15-26)21-25(30)28(18-19-29)20-24(22-11-6-4-7-12-22)23-13-8-5-9-14-23/h4-9,11-14,19,24H,2-3,10,15-18,20-21,26H2,1H3. The Kier molecular flexibility index (Phi) is 10.8. The predicted molar refractivity (Wildman–Crippen MR) is 122 cm³/mol. The normalized spacial score (nSPS) is 11.1. The van der Waals surface area contributed by atoms with Crippen LogP contribution in [0.5, 0.6) is 0 Å². The Morgan fingerprint density at radius 3 is 2.03 bits per heavy atom. The van der Waals surface area contributed by atoms with E-state index in [9.17, 15) is 9.59 Å². The minimum absolute atomic E-state index is 0.00733. The number of nitrogens with two attached hydrogens (primary N) is 1. The maximum atomic E-state index is 13.2. The lowest BCUT2D eigenvalue weighted by Crippen LogP contribution is -2.44. The van der Waals surface area contributed by atoms with Gasteiger partial charge in [0, 0.05) is 12.5 Å². The fraction of sp³-hybridized carbons (Fsp3) is 0.440. The van der Waals surface area contributed by atoms with Crippen LogP contribution in [0.2, 0.25) is 0 Å². The predicted octanol–water partition coefficient (Wildman–Crippen LogP) is 3.30. The Balaban J connectivity index is 2.19. The molecule has 5 nitrogen and oxygen atoms in total. The van der Waals surface area contributed by atoms with Crippen molar-refractivity contribution in [2.75, 3.05) is 39.3 Å². The Hall–Kier alpha value is -2.50. The molecule has 2 aromatic carbocycles. The summed E-state index contributed by atoms with van der Waals surface area (Å²) in [5.74, 6) is 0.0107. The number of aldehydes is 1. The molecule has 0 bridgehead atoms. The van der Waals surface area contributed by atoms with Gasteiger partial charge < -0.3 is 15.4 Å². The fourth-order valence-corrected chi connectivity index (χ4v) is 3.62. The van der Waals surface area contributed by atoms with Crippen molar-refractivity contribution in [2.45, 2.75) is 32.1 Å². The van der Waals surface area contributed by atoms with Crippen LogP contribution in [-0.2, 0) is 9.59 Å². The molecule has 2 N–H and O–H groups in total. The zero-order valence-corrected chi connectivity index (χ0v) is 18.1. The van der Waals surface area contributed by atoms with Gasteiger partial charge in [0.1, 0.15) is 6.29 Å². The van der Waals surface area contributed by atoms with E-state index in [-0.39, 0.29) is 18.4 Å². The molecule has 0 aliphatic carbocycles. The number of carbonyl (C=O) groups is 2. The Bertz CT molecular complexity index is 689. The summed E-state index contributed by atoms with van der Waals surface area (Å²) < 4.78 is 0. The number of amides is 1. The summed E-state index contributed by atoms with van der Waals surface area (Å²) in [5, 5.41) is 0. The molecule has 0 spiro atoms. The van der Waals surface area contributed by atoms with E-state index < -0.39 is 0 Å². The third-order valence-electron chi connectivity index (χ3n) is 5.32. The van der Waals surface area contributed by atoms with E-state index >= 15 is 0 Å². The van der Waals surface area contributed by atoms with Crippen LogP contribution < -0.4 is 5.73 Å². The van der Waals surface area contributed by atoms with Crippen molar-refractivity contribution in [3.63, 3.8) is 0 Å². The van der Waals surface area contributed by atoms with Gasteiger partial charge in [0.15, 0.2) is 0 Å². The third kappa shape index (κ3) is 7.73. The Morgan fingerprint density at radius 1 is 0.967 bits per heavy atom. The van der Waals surface area contributed by atoms with Gasteiger partial charge >= 0.3 is 0 Å². The van der Waals surface area contributed by atoms with Crippen LogP contribution in [0.3, 0.4) is 0 Å². The van der Waals surface area contributed by atoms with Crippen molar-refractivity contribution < 1.29 is 9.59 Å². The lowest BCUT2D eigenvalue weighted by molar-refractivity contribution is -0.134. The molecule has 5 heteroatoms. The van der Waals surface area contributed by atoms with Gasteiger partial charge in [0.25, 0.3) is 0 Å². The first kappa shape index (κ1) is 23.8. The van der Waals surface area contributed by atoms with E-state index in [0.29, 0.717) is 19.6 Å². The first-order valence-corrected chi connectivity index (χ1v) is 10.9. The summed E-state index contributed by atoms with van der Waals surface area (Å²) in [6, 6.07) is 20.3. The van der Waals surface area contributed by atoms with Gasteiger partial charge in [-0.15, -0.1) is 0 Å². The summed E-state index contributed by atoms with van der Waals surface area (Å²) in [6.07, 6.45) is 3.81. The highest BCUT2D eigenvalue weighted by Crippen LogP contribution is 2.25. The summed E-state index contributed by atoms with van der Waals surface area (Å²) >= 11 is 0. The topological polar surface area (TPSA) is 66.6 Å². The minimum Gasteiger partial charge on any atom is -0.334 e. The van der Waals surface area contributed by atoms with E-state index in [0.717, 1.165) is 49.8 Å². The van der Waals surface area contributed by atoms with Crippen LogP contribution in [0, 0.1) is 0 Å². The molecule has 0 saturated heterocycles. The van der Waals surface area contributed by atoms with Crippen LogP contribution in [0.15, 0.2) is 60.7 Å². The van der Waals surface area contributed by atoms with E-state index in [2.05, 4.69) is 36.1 Å². The number of benzene rings is 2. The average Bonchev–Trinajstić information content (AvgIpc) is 2.79. The van der Waals surface area contributed by atoms with E-state index in [4.69, 9.17) is 5.73 Å². The average molecular weight is 410 g/mol. The summed E-state index contributed by atoms with van der Waals surface area (Å²) in [4.78, 5) is 28.4. The molecular weight excluding hydrogens is 374 g/mol. The summed E-state index contributed by atoms with van der Waals surface area (Å²) in [5.41, 5.74) is 7.94. The molecule has 162 valence electrons. The largest absolute Gasteiger partial charge is 0.334 e. The zero-order valence-electron chi connectivity index (χ0n) is 18.1. The number of carbonyl (C=O) groups excluding carboxylic acids is 2. The Morgan fingerprint density at radius 2 is 1.53 bits per heavy atom. The van der Waals surface area contributed by atoms with Crippen LogP contribution in [0.1, 0.15) is 43.2 Å². The molecule has 0 aliphatic rings. The quantitative estimate of drug-likeness (QED) is 0.486. The van der Waals surface area contributed by atoms with Gasteiger partial charge in [-0.2, -0.15) is 0 Å². The smallest absolute Gasteiger partial charge is 0.237 e. The number of rotatable bonds is 14. The zero-order chi connectivity index (χ0) is 21.6. The van der Waals surface area contributed by atoms with Crippen LogP contribution >= 0.6 is 0 Å². The summed E-state index contributed by atoms with van der Waals surface area (Å²) in [6.45, 7) is 5.34. The molecule has 0 atom stereocenters. The minimum atomic E-state index is -0.00733. The molecule has 0 fully saturated rings. The number of hydrogen-bond acceptors (Lipinski definition) is 4. The Labute approximate surface area is 180 Å². The van der Waals surface area contributed by atoms with E-state index in [1.807, 2.05) is 36.4 Å². The van der Waals surface area contributed by atoms with Gasteiger partial charge in [0.2, 0.25) is 5.91 Å². The SMILES string of the molecule is CCCCN(CCCN)CC(=O)N(CC=O)CC(c1ccccc1)c1ccccc1. The highest BCUT2D eigenvalue weighted by molar-refractivity contribution is 5.80. The number of nitrogens with zero attached hydrogens (tertiary/aromatic N) is 2. The molecule has 2 aromatic rings. The highest BCUT2D eigenvalue weighted by Gasteiger charge is 2.23. The first-order chi connectivity index (χ1) is 14.7. The van der Waals surface area contributed by atoms with Crippen molar-refractivity contribution in [1.29, 1.82) is 0 Å². The van der Waals surface area contributed by atoms with Crippen molar-refractivity contribution in [2.24, 2.45) is 5.73 Å². The van der Waals surface area contributed by atoms with Gasteiger partial charge in [-0.1, -0.05) is 74.0 Å². The number of unbranched alkanes of at least 4 members (excludes halogenated alkanes) is 1. The monoisotopic (exact) mass is 409 g/mol. The maximum absolute atomic E-state index is 13.2. The molecule has 1 amide bonds. The van der Waals surface area contributed by atoms with Crippen molar-refractivity contribution in [1.82, 2.24) is 9.80 Å². The lowest BCUT2D eigenvalue weighted by atomic mass is 9.90. The summed E-state index contributed by atoms with van der Waals surface area (Å²) in [7, 11) is 0. The van der Waals surface area contributed by atoms with Crippen molar-refractivity contribution >= 4 is 12.2 Å². The third-order valence-corrected chi connectivity index (χ3v) is 5.32. The molecular formula is C25H35N3O2. The van der Waals surface area contributed by atoms with Crippen LogP contribution in [0.25, 0.3) is 0 Å². The van der Waals surface area contributed by atoms with Gasteiger partial charge in [-0.25, -0.2) is 0 Å². The van der Waals surface area contributed by atoms with E-state index in [1.165, 1.54) is 0 Å². The molecule has 0 aromatic heterocycles. The molecule has 0 radical (unpaired) electrons. The van der Waals surface area contributed by atoms with Gasteiger partial charge in [0.05, 0.1) is 13.1 Å². The highest BCUT2D eigenvalue weighted by atomic mass is 16.2. The van der Waals surface area contributed by atoms with Gasteiger partial charge in [-0.3, -0.25) is 9.69 Å². The maximum Gasteiger partial charge on any atom is 0.237 e. The lowest BCUT2D eigenvalue weighted by Gasteiger charge is -2.30. The van der Waals surface area contributed by atoms with Crippen molar-refractivity contribution in [3.8, 4) is 0 Å². The second kappa shape index (κ2) is 13.7. The second-order valence-electron chi connectivity index (χ2n) is 7.61. The van der Waals surface area contributed by atoms with Gasteiger partial charge in [-0.05, 0) is 43.6 Å². The molecule has 0 aliphatic heterocycles. The second-order valence-corrected chi connectivity index (χ2v) is 7.61. The molecule has 30 heavy (non-hydrogen) atoms. The molecule has 0 unspecified atom stereocenters. The molecule has 2 rings (SSSR count). The van der Waals surface area contributed by atoms with Crippen LogP contribution in [0.4, 0.5) is 0 Å². The number of hydrogen-bond donors (Lipinski definition) is 1. The van der Waals surface area contributed by atoms with Crippen LogP contribution in [-0.4, -0.2) is 61.3 Å². The van der Waals surface area contributed by atoms with E-state index in [1.54, 1.807) is 4.90 Å². The van der Waals surface area contributed by atoms with Crippen molar-refractivity contribution in [3.05, 3.63) is 71.8 Å². The first-order valence-electron chi connectivity index (χ1n) is 10.9. The molecule has 0 saturated carbocycles. The fourth-order valence-electron chi connectivity index (χ4n) is 3.62. The molecule has 0 heterocycles.